The highest BCUT2D eigenvalue weighted by atomic mass is 79.9. The first kappa shape index (κ1) is 30.1. The Kier molecular flexibility index (Phi) is 9.85. The molecule has 0 fully saturated rings. The average molecular weight is 668 g/mol. The summed E-state index contributed by atoms with van der Waals surface area (Å²) in [6.45, 7) is 0.714. The summed E-state index contributed by atoms with van der Waals surface area (Å²) in [5.41, 5.74) is 1.95. The molecule has 0 aromatic heterocycles. The van der Waals surface area contributed by atoms with E-state index >= 15 is 0 Å². The number of nitrogens with zero attached hydrogens (tertiary/aromatic N) is 1. The topological polar surface area (TPSA) is 80.2 Å². The van der Waals surface area contributed by atoms with E-state index in [1.807, 2.05) is 84.9 Å². The molecule has 9 heteroatoms. The molecular weight excluding hydrogens is 639 g/mol. The first-order valence-corrected chi connectivity index (χ1v) is 15.1. The molecular formula is C33H29BrCl2N2O4. The quantitative estimate of drug-likeness (QED) is 0.164. The number of ether oxygens (including phenoxy) is 2. The van der Waals surface area contributed by atoms with Crippen LogP contribution < -0.4 is 10.1 Å². The number of hydrogen-bond donors (Lipinski definition) is 2. The molecule has 1 heterocycles. The van der Waals surface area contributed by atoms with Crippen LogP contribution in [0.5, 0.6) is 5.75 Å². The molecule has 2 N–H and O–H groups in total. The van der Waals surface area contributed by atoms with Gasteiger partial charge >= 0.3 is 0 Å². The van der Waals surface area contributed by atoms with Crippen molar-refractivity contribution in [1.82, 2.24) is 5.32 Å². The lowest BCUT2D eigenvalue weighted by molar-refractivity contribution is -0.129. The Bertz CT molecular complexity index is 1570. The van der Waals surface area contributed by atoms with Crippen molar-refractivity contribution < 1.29 is 19.4 Å². The monoisotopic (exact) mass is 666 g/mol. The molecule has 216 valence electrons. The van der Waals surface area contributed by atoms with Crippen molar-refractivity contribution in [1.29, 1.82) is 0 Å². The van der Waals surface area contributed by atoms with Gasteiger partial charge in [-0.15, -0.1) is 0 Å². The first-order valence-electron chi connectivity index (χ1n) is 13.5. The summed E-state index contributed by atoms with van der Waals surface area (Å²) in [5.74, 6) is 0.749. The molecule has 4 aromatic carbocycles. The van der Waals surface area contributed by atoms with E-state index in [1.54, 1.807) is 12.1 Å². The number of rotatable bonds is 11. The minimum atomic E-state index is -1.33. The van der Waals surface area contributed by atoms with Gasteiger partial charge in [0.15, 0.2) is 11.6 Å². The number of carbonyl (C=O) groups excluding carboxylic acids is 1. The van der Waals surface area contributed by atoms with E-state index in [-0.39, 0.29) is 19.1 Å². The number of aliphatic hydroxyl groups is 1. The molecule has 0 aliphatic carbocycles. The molecule has 6 nitrogen and oxygen atoms in total. The molecule has 0 saturated heterocycles. The van der Waals surface area contributed by atoms with E-state index in [0.717, 1.165) is 21.2 Å². The summed E-state index contributed by atoms with van der Waals surface area (Å²) in [6.07, 6.45) is 0.126. The van der Waals surface area contributed by atoms with Gasteiger partial charge in [-0.3, -0.25) is 4.79 Å². The van der Waals surface area contributed by atoms with E-state index in [4.69, 9.17) is 42.8 Å². The average Bonchev–Trinajstić information content (AvgIpc) is 3.39. The zero-order chi connectivity index (χ0) is 29.5. The van der Waals surface area contributed by atoms with Crippen LogP contribution in [0.2, 0.25) is 10.0 Å². The number of nitrogens with one attached hydrogen (secondary N) is 1. The molecule has 0 saturated carbocycles. The number of halogens is 3. The molecule has 1 aliphatic rings. The maximum atomic E-state index is 14.4. The smallest absolute Gasteiger partial charge is 0.252 e. The van der Waals surface area contributed by atoms with Gasteiger partial charge in [-0.25, -0.2) is 4.99 Å². The van der Waals surface area contributed by atoms with E-state index < -0.39 is 11.6 Å². The van der Waals surface area contributed by atoms with E-state index in [1.165, 1.54) is 0 Å². The third-order valence-electron chi connectivity index (χ3n) is 6.97. The second-order valence-electron chi connectivity index (χ2n) is 9.90. The summed E-state index contributed by atoms with van der Waals surface area (Å²) >= 11 is 16.0. The van der Waals surface area contributed by atoms with Gasteiger partial charge in [-0.05, 0) is 53.6 Å². The van der Waals surface area contributed by atoms with Crippen LogP contribution in [0.15, 0.2) is 107 Å². The van der Waals surface area contributed by atoms with Crippen molar-refractivity contribution in [2.75, 3.05) is 13.2 Å². The van der Waals surface area contributed by atoms with Crippen molar-refractivity contribution >= 4 is 50.9 Å². The zero-order valence-corrected chi connectivity index (χ0v) is 25.7. The molecule has 42 heavy (non-hydrogen) atoms. The maximum Gasteiger partial charge on any atom is 0.252 e. The van der Waals surface area contributed by atoms with Crippen LogP contribution >= 0.6 is 39.1 Å². The van der Waals surface area contributed by atoms with Gasteiger partial charge in [0.05, 0.1) is 16.7 Å². The molecule has 0 spiro atoms. The third kappa shape index (κ3) is 6.81. The van der Waals surface area contributed by atoms with Crippen molar-refractivity contribution in [2.24, 2.45) is 4.99 Å². The predicted molar refractivity (Wildman–Crippen MR) is 169 cm³/mol. The van der Waals surface area contributed by atoms with E-state index in [2.05, 4.69) is 21.2 Å². The highest BCUT2D eigenvalue weighted by molar-refractivity contribution is 9.10. The largest absolute Gasteiger partial charge is 0.494 e. The number of carbonyl (C=O) groups is 1. The van der Waals surface area contributed by atoms with Crippen LogP contribution in [-0.4, -0.2) is 35.7 Å². The lowest BCUT2D eigenvalue weighted by Crippen LogP contribution is -2.49. The molecule has 2 atom stereocenters. The lowest BCUT2D eigenvalue weighted by Gasteiger charge is -2.31. The second-order valence-corrected chi connectivity index (χ2v) is 11.6. The third-order valence-corrected chi connectivity index (χ3v) is 8.43. The van der Waals surface area contributed by atoms with Crippen molar-refractivity contribution in [2.45, 2.75) is 31.0 Å². The lowest BCUT2D eigenvalue weighted by atomic mass is 9.82. The summed E-state index contributed by atoms with van der Waals surface area (Å²) < 4.78 is 13.1. The Hall–Kier alpha value is -3.36. The highest BCUT2D eigenvalue weighted by Gasteiger charge is 2.53. The zero-order valence-electron chi connectivity index (χ0n) is 22.6. The Morgan fingerprint density at radius 2 is 1.69 bits per heavy atom. The first-order chi connectivity index (χ1) is 20.4. The van der Waals surface area contributed by atoms with Crippen LogP contribution in [0.3, 0.4) is 0 Å². The molecule has 1 amide bonds. The Balaban J connectivity index is 1.55. The Morgan fingerprint density at radius 1 is 0.952 bits per heavy atom. The van der Waals surface area contributed by atoms with Gasteiger partial charge in [-0.1, -0.05) is 93.7 Å². The number of aliphatic imine (C=N–C) groups is 1. The minimum Gasteiger partial charge on any atom is -0.494 e. The minimum absolute atomic E-state index is 0.0653. The van der Waals surface area contributed by atoms with Crippen LogP contribution in [0.1, 0.15) is 34.8 Å². The highest BCUT2D eigenvalue weighted by Crippen LogP contribution is 2.44. The molecule has 0 radical (unpaired) electrons. The van der Waals surface area contributed by atoms with Gasteiger partial charge in [0, 0.05) is 41.6 Å². The number of aliphatic hydroxyl groups excluding tert-OH is 1. The molecule has 0 unspecified atom stereocenters. The van der Waals surface area contributed by atoms with Crippen molar-refractivity contribution in [3.8, 4) is 5.75 Å². The Labute approximate surface area is 263 Å². The fraction of sp³-hybridized carbons (Fsp3) is 0.212. The van der Waals surface area contributed by atoms with Crippen molar-refractivity contribution in [3.05, 3.63) is 134 Å². The summed E-state index contributed by atoms with van der Waals surface area (Å²) in [7, 11) is 0. The van der Waals surface area contributed by atoms with Gasteiger partial charge in [0.1, 0.15) is 5.75 Å². The van der Waals surface area contributed by atoms with E-state index in [9.17, 15) is 4.79 Å². The number of amides is 1. The Morgan fingerprint density at radius 3 is 2.40 bits per heavy atom. The fourth-order valence-corrected chi connectivity index (χ4v) is 5.65. The summed E-state index contributed by atoms with van der Waals surface area (Å²) in [5, 5.41) is 13.0. The number of hydrogen-bond acceptors (Lipinski definition) is 5. The molecule has 5 rings (SSSR count). The van der Waals surface area contributed by atoms with Gasteiger partial charge in [-0.2, -0.15) is 0 Å². The maximum absolute atomic E-state index is 14.4. The normalized spacial score (nSPS) is 17.8. The number of benzene rings is 4. The molecule has 1 aliphatic heterocycles. The van der Waals surface area contributed by atoms with Gasteiger partial charge in [0.25, 0.3) is 5.91 Å². The summed E-state index contributed by atoms with van der Waals surface area (Å²) in [6, 6.07) is 30.1. The van der Waals surface area contributed by atoms with Crippen LogP contribution in [0, 0.1) is 0 Å². The van der Waals surface area contributed by atoms with Crippen LogP contribution in [0.25, 0.3) is 0 Å². The van der Waals surface area contributed by atoms with Crippen LogP contribution in [0.4, 0.5) is 0 Å². The molecule has 0 bridgehead atoms. The molecule has 4 aromatic rings. The van der Waals surface area contributed by atoms with Gasteiger partial charge in [0.2, 0.25) is 5.90 Å². The predicted octanol–water partition coefficient (Wildman–Crippen LogP) is 7.33. The fourth-order valence-electron chi connectivity index (χ4n) is 4.84. The summed E-state index contributed by atoms with van der Waals surface area (Å²) in [4.78, 5) is 19.4. The van der Waals surface area contributed by atoms with E-state index in [0.29, 0.717) is 46.7 Å². The van der Waals surface area contributed by atoms with Crippen LogP contribution in [-0.2, 0) is 22.5 Å². The van der Waals surface area contributed by atoms with Crippen molar-refractivity contribution in [3.63, 3.8) is 0 Å². The van der Waals surface area contributed by atoms with Gasteiger partial charge < -0.3 is 19.9 Å². The second kappa shape index (κ2) is 13.7. The SMILES string of the molecule is O=C(NCc1ccc(Cl)c(Cl)c1)[C@]1(Cc2ccccc2)N=C(c2ccc(OCCCO)cc2)O[C@@H]1c1ccccc1Br. The standard InChI is InChI=1S/C33H29BrCl2N2O4/c34-27-10-5-4-9-26(27)30-33(20-22-7-2-1-3-8-22,32(40)37-21-23-11-16-28(35)29(36)19-23)38-31(42-30)24-12-14-25(15-13-24)41-18-6-17-39/h1-5,7-16,19,30,39H,6,17-18,20-21H2,(H,37,40)/t30-,33-/m1/s1.